The van der Waals surface area contributed by atoms with Gasteiger partial charge in [0.15, 0.2) is 5.69 Å². The molecule has 2 heterocycles. The number of aromatic amines is 1. The van der Waals surface area contributed by atoms with Gasteiger partial charge in [0, 0.05) is 5.39 Å². The molecule has 0 aliphatic rings. The fourth-order valence-corrected chi connectivity index (χ4v) is 3.21. The number of nitrogens with one attached hydrogen (secondary N) is 2. The Balaban J connectivity index is 1.42. The van der Waals surface area contributed by atoms with Crippen LogP contribution in [0.1, 0.15) is 5.56 Å². The summed E-state index contributed by atoms with van der Waals surface area (Å²) in [6, 6.07) is 12.2. The Kier molecular flexibility index (Phi) is 4.97. The van der Waals surface area contributed by atoms with E-state index in [-0.39, 0.29) is 22.6 Å². The molecule has 0 radical (unpaired) electrons. The second-order valence-electron chi connectivity index (χ2n) is 5.87. The molecular weight excluding hydrogens is 407 g/mol. The molecule has 0 bridgehead atoms. The minimum absolute atomic E-state index is 0.103. The van der Waals surface area contributed by atoms with Crippen molar-refractivity contribution in [3.8, 4) is 11.6 Å². The summed E-state index contributed by atoms with van der Waals surface area (Å²) in [6.45, 7) is 0. The number of halogens is 3. The Hall–Kier alpha value is -3.34. The van der Waals surface area contributed by atoms with Gasteiger partial charge in [0.25, 0.3) is 11.1 Å². The summed E-state index contributed by atoms with van der Waals surface area (Å²) in [6.07, 6.45) is -4.56. The average molecular weight is 419 g/mol. The Labute approximate surface area is 165 Å². The van der Waals surface area contributed by atoms with Crippen LogP contribution in [0.3, 0.4) is 0 Å². The van der Waals surface area contributed by atoms with E-state index in [4.69, 9.17) is 4.42 Å². The summed E-state index contributed by atoms with van der Waals surface area (Å²) >= 11 is 0.913. The van der Waals surface area contributed by atoms with Crippen LogP contribution in [0.25, 0.3) is 22.5 Å². The number of H-pyrrole nitrogens is 1. The van der Waals surface area contributed by atoms with Gasteiger partial charge in [0.2, 0.25) is 5.91 Å². The molecule has 1 amide bonds. The zero-order valence-corrected chi connectivity index (χ0v) is 15.3. The molecule has 2 aromatic carbocycles. The van der Waals surface area contributed by atoms with E-state index >= 15 is 0 Å². The molecule has 2 N–H and O–H groups in total. The van der Waals surface area contributed by atoms with Crippen molar-refractivity contribution in [1.82, 2.24) is 20.4 Å². The van der Waals surface area contributed by atoms with Gasteiger partial charge in [-0.1, -0.05) is 42.1 Å². The molecular formula is C18H12F3N5O2S. The maximum atomic E-state index is 13.0. The van der Waals surface area contributed by atoms with E-state index in [1.807, 2.05) is 24.3 Å². The van der Waals surface area contributed by atoms with Gasteiger partial charge in [0.05, 0.1) is 22.5 Å². The lowest BCUT2D eigenvalue weighted by Crippen LogP contribution is -2.18. The second kappa shape index (κ2) is 7.59. The molecule has 0 spiro atoms. The van der Waals surface area contributed by atoms with E-state index in [1.165, 1.54) is 18.2 Å². The largest absolute Gasteiger partial charge is 0.418 e. The third-order valence-corrected chi connectivity index (χ3v) is 4.73. The lowest BCUT2D eigenvalue weighted by Gasteiger charge is -2.13. The molecule has 11 heteroatoms. The van der Waals surface area contributed by atoms with Gasteiger partial charge in [-0.3, -0.25) is 9.89 Å². The van der Waals surface area contributed by atoms with Crippen molar-refractivity contribution >= 4 is 34.3 Å². The fraction of sp³-hybridized carbons (Fsp3) is 0.111. The van der Waals surface area contributed by atoms with Gasteiger partial charge in [-0.2, -0.15) is 18.3 Å². The molecule has 4 rings (SSSR count). The number of benzene rings is 2. The van der Waals surface area contributed by atoms with E-state index < -0.39 is 17.6 Å². The van der Waals surface area contributed by atoms with Crippen LogP contribution in [-0.4, -0.2) is 32.1 Å². The Morgan fingerprint density at radius 3 is 2.69 bits per heavy atom. The van der Waals surface area contributed by atoms with Crippen LogP contribution in [0.2, 0.25) is 0 Å². The number of rotatable bonds is 5. The Morgan fingerprint density at radius 2 is 1.86 bits per heavy atom. The molecule has 2 aromatic heterocycles. The normalized spacial score (nSPS) is 11.7. The van der Waals surface area contributed by atoms with Crippen LogP contribution < -0.4 is 5.32 Å². The predicted molar refractivity (Wildman–Crippen MR) is 100 cm³/mol. The first kappa shape index (κ1) is 19.0. The van der Waals surface area contributed by atoms with E-state index in [2.05, 4.69) is 25.7 Å². The van der Waals surface area contributed by atoms with Crippen molar-refractivity contribution < 1.29 is 22.4 Å². The second-order valence-corrected chi connectivity index (χ2v) is 6.80. The number of para-hydroxylation sites is 2. The zero-order chi connectivity index (χ0) is 20.4. The number of carbonyl (C=O) groups is 1. The Morgan fingerprint density at radius 1 is 1.10 bits per heavy atom. The number of hydrogen-bond acceptors (Lipinski definition) is 6. The van der Waals surface area contributed by atoms with Crippen LogP contribution in [0.5, 0.6) is 0 Å². The number of alkyl halides is 3. The summed E-state index contributed by atoms with van der Waals surface area (Å²) in [4.78, 5) is 12.1. The number of aromatic nitrogens is 4. The van der Waals surface area contributed by atoms with E-state index in [9.17, 15) is 18.0 Å². The summed E-state index contributed by atoms with van der Waals surface area (Å²) in [7, 11) is 0. The first-order chi connectivity index (χ1) is 13.9. The minimum atomic E-state index is -4.56. The third-order valence-electron chi connectivity index (χ3n) is 3.91. The quantitative estimate of drug-likeness (QED) is 0.467. The van der Waals surface area contributed by atoms with Crippen LogP contribution >= 0.6 is 11.8 Å². The van der Waals surface area contributed by atoms with Gasteiger partial charge in [0.1, 0.15) is 0 Å². The summed E-state index contributed by atoms with van der Waals surface area (Å²) in [5, 5.41) is 17.9. The standard InChI is InChI=1S/C18H12F3N5O2S/c19-18(20,21)11-6-2-4-8-13(11)22-14(27)9-29-17-26-25-16(28-17)15-10-5-1-3-7-12(10)23-24-15/h1-8H,9H2,(H,22,27)(H,23,24). The molecule has 4 aromatic rings. The van der Waals surface area contributed by atoms with E-state index in [0.717, 1.165) is 28.7 Å². The van der Waals surface area contributed by atoms with E-state index in [0.29, 0.717) is 5.69 Å². The lowest BCUT2D eigenvalue weighted by molar-refractivity contribution is -0.137. The SMILES string of the molecule is O=C(CSc1nnc(-c2n[nH]c3ccccc23)o1)Nc1ccccc1C(F)(F)F. The predicted octanol–water partition coefficient (Wildman–Crippen LogP) is 4.36. The molecule has 0 saturated carbocycles. The van der Waals surface area contributed by atoms with Crippen LogP contribution in [0.15, 0.2) is 58.2 Å². The van der Waals surface area contributed by atoms with Gasteiger partial charge in [-0.15, -0.1) is 10.2 Å². The van der Waals surface area contributed by atoms with Crippen molar-refractivity contribution in [2.75, 3.05) is 11.1 Å². The maximum absolute atomic E-state index is 13.0. The molecule has 7 nitrogen and oxygen atoms in total. The van der Waals surface area contributed by atoms with Gasteiger partial charge < -0.3 is 9.73 Å². The number of thioether (sulfide) groups is 1. The van der Waals surface area contributed by atoms with Crippen LogP contribution in [0, 0.1) is 0 Å². The van der Waals surface area contributed by atoms with Gasteiger partial charge in [-0.25, -0.2) is 0 Å². The first-order valence-electron chi connectivity index (χ1n) is 8.27. The average Bonchev–Trinajstić information content (AvgIpc) is 3.32. The number of carbonyl (C=O) groups excluding carboxylic acids is 1. The summed E-state index contributed by atoms with van der Waals surface area (Å²) in [5.41, 5.74) is 0.0600. The Bertz CT molecular complexity index is 1170. The molecule has 0 aliphatic heterocycles. The number of fused-ring (bicyclic) bond motifs is 1. The first-order valence-corrected chi connectivity index (χ1v) is 9.26. The maximum Gasteiger partial charge on any atom is 0.418 e. The molecule has 0 aliphatic carbocycles. The van der Waals surface area contributed by atoms with Crippen molar-refractivity contribution in [2.24, 2.45) is 0 Å². The lowest BCUT2D eigenvalue weighted by atomic mass is 10.1. The van der Waals surface area contributed by atoms with Crippen molar-refractivity contribution in [2.45, 2.75) is 11.4 Å². The third kappa shape index (κ3) is 4.09. The number of hydrogen-bond donors (Lipinski definition) is 2. The molecule has 148 valence electrons. The topological polar surface area (TPSA) is 96.7 Å². The van der Waals surface area contributed by atoms with Gasteiger partial charge in [-0.05, 0) is 18.2 Å². The highest BCUT2D eigenvalue weighted by Gasteiger charge is 2.33. The minimum Gasteiger partial charge on any atom is -0.409 e. The summed E-state index contributed by atoms with van der Waals surface area (Å²) < 4.78 is 44.5. The fourth-order valence-electron chi connectivity index (χ4n) is 2.64. The number of nitrogens with zero attached hydrogens (tertiary/aromatic N) is 3. The molecule has 0 atom stereocenters. The van der Waals surface area contributed by atoms with E-state index in [1.54, 1.807) is 0 Å². The molecule has 0 unspecified atom stereocenters. The van der Waals surface area contributed by atoms with Crippen molar-refractivity contribution in [3.05, 3.63) is 54.1 Å². The molecule has 29 heavy (non-hydrogen) atoms. The number of anilines is 1. The highest BCUT2D eigenvalue weighted by molar-refractivity contribution is 7.99. The summed E-state index contributed by atoms with van der Waals surface area (Å²) in [5.74, 6) is -0.653. The van der Waals surface area contributed by atoms with Crippen LogP contribution in [-0.2, 0) is 11.0 Å². The smallest absolute Gasteiger partial charge is 0.409 e. The monoisotopic (exact) mass is 419 g/mol. The van der Waals surface area contributed by atoms with Gasteiger partial charge >= 0.3 is 6.18 Å². The number of amides is 1. The molecule has 0 saturated heterocycles. The van der Waals surface area contributed by atoms with Crippen molar-refractivity contribution in [3.63, 3.8) is 0 Å². The highest BCUT2D eigenvalue weighted by Crippen LogP contribution is 2.34. The van der Waals surface area contributed by atoms with Crippen LogP contribution in [0.4, 0.5) is 18.9 Å². The highest BCUT2D eigenvalue weighted by atomic mass is 32.2. The molecule has 0 fully saturated rings. The van der Waals surface area contributed by atoms with Crippen molar-refractivity contribution in [1.29, 1.82) is 0 Å². The zero-order valence-electron chi connectivity index (χ0n) is 14.5.